The number of amides is 1. The number of rotatable bonds is 5. The summed E-state index contributed by atoms with van der Waals surface area (Å²) >= 11 is 0. The lowest BCUT2D eigenvalue weighted by atomic mass is 9.86. The maximum absolute atomic E-state index is 12.5. The van der Waals surface area contributed by atoms with Crippen LogP contribution in [0.3, 0.4) is 0 Å². The van der Waals surface area contributed by atoms with Crippen molar-refractivity contribution < 1.29 is 14.7 Å². The van der Waals surface area contributed by atoms with Crippen LogP contribution in [0.5, 0.6) is 0 Å². The van der Waals surface area contributed by atoms with Crippen LogP contribution in [0, 0.1) is 19.3 Å². The normalized spacial score (nSPS) is 12.8. The molecule has 0 fully saturated rings. The number of hydrogen-bond acceptors (Lipinski definition) is 2. The second kappa shape index (κ2) is 6.74. The third kappa shape index (κ3) is 5.58. The molecule has 0 spiro atoms. The van der Waals surface area contributed by atoms with E-state index in [0.717, 1.165) is 11.1 Å². The second-order valence-corrected chi connectivity index (χ2v) is 6.80. The minimum absolute atomic E-state index is 0.0474. The van der Waals surface area contributed by atoms with Gasteiger partial charge in [-0.2, -0.15) is 0 Å². The molecule has 21 heavy (non-hydrogen) atoms. The molecule has 116 valence electrons. The fraction of sp³-hybridized carbons (Fsp3) is 0.529. The molecule has 1 aromatic rings. The van der Waals surface area contributed by atoms with E-state index in [1.807, 2.05) is 52.8 Å². The number of carboxylic acids is 1. The summed E-state index contributed by atoms with van der Waals surface area (Å²) in [6.07, 6.45) is 0.559. The van der Waals surface area contributed by atoms with E-state index in [1.165, 1.54) is 0 Å². The van der Waals surface area contributed by atoms with Gasteiger partial charge in [0.1, 0.15) is 0 Å². The molecule has 0 saturated carbocycles. The van der Waals surface area contributed by atoms with Crippen LogP contribution in [0.25, 0.3) is 0 Å². The van der Waals surface area contributed by atoms with Crippen molar-refractivity contribution in [3.8, 4) is 0 Å². The summed E-state index contributed by atoms with van der Waals surface area (Å²) in [7, 11) is 0. The van der Waals surface area contributed by atoms with Gasteiger partial charge in [0.15, 0.2) is 0 Å². The molecule has 0 bridgehead atoms. The summed E-state index contributed by atoms with van der Waals surface area (Å²) in [5.41, 5.74) is 2.39. The Morgan fingerprint density at radius 2 is 1.71 bits per heavy atom. The van der Waals surface area contributed by atoms with Gasteiger partial charge in [-0.1, -0.05) is 39.0 Å². The van der Waals surface area contributed by atoms with Gasteiger partial charge in [0.2, 0.25) is 0 Å². The highest BCUT2D eigenvalue weighted by molar-refractivity contribution is 5.97. The number of hydrogen-bond donors (Lipinski definition) is 2. The first kappa shape index (κ1) is 17.2. The Morgan fingerprint density at radius 1 is 1.19 bits per heavy atom. The number of carboxylic acid groups (broad SMARTS) is 1. The molecule has 1 rings (SSSR count). The first-order valence-electron chi connectivity index (χ1n) is 7.19. The van der Waals surface area contributed by atoms with Crippen LogP contribution in [0.2, 0.25) is 0 Å². The average Bonchev–Trinajstić information content (AvgIpc) is 2.24. The van der Waals surface area contributed by atoms with Crippen LogP contribution in [0.4, 0.5) is 0 Å². The molecule has 1 atom stereocenters. The number of aliphatic carboxylic acids is 1. The molecule has 0 aliphatic carbocycles. The number of carbonyl (C=O) groups is 2. The lowest BCUT2D eigenvalue weighted by Gasteiger charge is -2.26. The zero-order valence-electron chi connectivity index (χ0n) is 13.5. The number of benzene rings is 1. The molecule has 1 aromatic carbocycles. The van der Waals surface area contributed by atoms with E-state index >= 15 is 0 Å². The molecule has 1 unspecified atom stereocenters. The zero-order valence-corrected chi connectivity index (χ0v) is 13.5. The van der Waals surface area contributed by atoms with Crippen molar-refractivity contribution in [2.75, 3.05) is 0 Å². The third-order valence-corrected chi connectivity index (χ3v) is 3.32. The maximum Gasteiger partial charge on any atom is 0.305 e. The zero-order chi connectivity index (χ0) is 16.2. The monoisotopic (exact) mass is 291 g/mol. The Kier molecular flexibility index (Phi) is 5.53. The van der Waals surface area contributed by atoms with E-state index in [2.05, 4.69) is 5.32 Å². The molecule has 0 aromatic heterocycles. The van der Waals surface area contributed by atoms with Crippen molar-refractivity contribution >= 4 is 11.9 Å². The number of carbonyl (C=O) groups excluding carboxylic acids is 1. The van der Waals surface area contributed by atoms with E-state index in [9.17, 15) is 9.59 Å². The maximum atomic E-state index is 12.5. The summed E-state index contributed by atoms with van der Waals surface area (Å²) in [6.45, 7) is 9.88. The Morgan fingerprint density at radius 3 is 2.14 bits per heavy atom. The molecule has 0 saturated heterocycles. The van der Waals surface area contributed by atoms with Gasteiger partial charge in [0, 0.05) is 11.6 Å². The average molecular weight is 291 g/mol. The van der Waals surface area contributed by atoms with E-state index in [1.54, 1.807) is 0 Å². The topological polar surface area (TPSA) is 66.4 Å². The fourth-order valence-electron chi connectivity index (χ4n) is 2.55. The van der Waals surface area contributed by atoms with Crippen LogP contribution in [-0.4, -0.2) is 23.0 Å². The van der Waals surface area contributed by atoms with E-state index in [-0.39, 0.29) is 23.8 Å². The predicted octanol–water partition coefficient (Wildman–Crippen LogP) is 3.31. The van der Waals surface area contributed by atoms with Gasteiger partial charge in [0.25, 0.3) is 5.91 Å². The van der Waals surface area contributed by atoms with E-state index in [0.29, 0.717) is 12.0 Å². The highest BCUT2D eigenvalue weighted by Crippen LogP contribution is 2.23. The van der Waals surface area contributed by atoms with E-state index < -0.39 is 5.97 Å². The van der Waals surface area contributed by atoms with Crippen LogP contribution in [-0.2, 0) is 4.79 Å². The molecule has 0 aliphatic rings. The van der Waals surface area contributed by atoms with Gasteiger partial charge < -0.3 is 10.4 Å². The van der Waals surface area contributed by atoms with Crippen molar-refractivity contribution in [1.29, 1.82) is 0 Å². The van der Waals surface area contributed by atoms with Crippen LogP contribution in [0.1, 0.15) is 55.1 Å². The Hall–Kier alpha value is -1.84. The van der Waals surface area contributed by atoms with Crippen LogP contribution >= 0.6 is 0 Å². The van der Waals surface area contributed by atoms with Crippen molar-refractivity contribution in [2.45, 2.75) is 53.5 Å². The van der Waals surface area contributed by atoms with Crippen LogP contribution < -0.4 is 5.32 Å². The summed E-state index contributed by atoms with van der Waals surface area (Å²) in [6, 6.07) is 5.31. The van der Waals surface area contributed by atoms with E-state index in [4.69, 9.17) is 5.11 Å². The lowest BCUT2D eigenvalue weighted by molar-refractivity contribution is -0.137. The molecule has 2 N–H and O–H groups in total. The second-order valence-electron chi connectivity index (χ2n) is 6.80. The van der Waals surface area contributed by atoms with Crippen LogP contribution in [0.15, 0.2) is 18.2 Å². The molecule has 1 amide bonds. The standard InChI is InChI=1S/C17H25NO3/c1-11-7-6-8-12(2)15(11)16(21)18-13(9-14(19)20)10-17(3,4)5/h6-8,13H,9-10H2,1-5H3,(H,18,21)(H,19,20). The van der Waals surface area contributed by atoms with Gasteiger partial charge in [-0.05, 0) is 36.8 Å². The molecule has 0 heterocycles. The quantitative estimate of drug-likeness (QED) is 0.874. The number of nitrogens with one attached hydrogen (secondary N) is 1. The molecule has 4 nitrogen and oxygen atoms in total. The first-order chi connectivity index (χ1) is 9.60. The number of aryl methyl sites for hydroxylation is 2. The molecule has 4 heteroatoms. The Balaban J connectivity index is 2.92. The van der Waals surface area contributed by atoms with Gasteiger partial charge in [-0.3, -0.25) is 9.59 Å². The minimum Gasteiger partial charge on any atom is -0.481 e. The SMILES string of the molecule is Cc1cccc(C)c1C(=O)NC(CC(=O)O)CC(C)(C)C. The van der Waals surface area contributed by atoms with Gasteiger partial charge in [-0.15, -0.1) is 0 Å². The minimum atomic E-state index is -0.897. The van der Waals surface area contributed by atoms with Crippen molar-refractivity contribution in [1.82, 2.24) is 5.32 Å². The summed E-state index contributed by atoms with van der Waals surface area (Å²) < 4.78 is 0. The molecular formula is C17H25NO3. The summed E-state index contributed by atoms with van der Waals surface area (Å²) in [5, 5.41) is 11.9. The summed E-state index contributed by atoms with van der Waals surface area (Å²) in [4.78, 5) is 23.5. The van der Waals surface area contributed by atoms with Gasteiger partial charge >= 0.3 is 5.97 Å². The Bertz CT molecular complexity index is 509. The largest absolute Gasteiger partial charge is 0.481 e. The lowest BCUT2D eigenvalue weighted by Crippen LogP contribution is -2.39. The first-order valence-corrected chi connectivity index (χ1v) is 7.19. The Labute approximate surface area is 126 Å². The fourth-order valence-corrected chi connectivity index (χ4v) is 2.55. The van der Waals surface area contributed by atoms with Gasteiger partial charge in [-0.25, -0.2) is 0 Å². The highest BCUT2D eigenvalue weighted by atomic mass is 16.4. The predicted molar refractivity (Wildman–Crippen MR) is 83.5 cm³/mol. The van der Waals surface area contributed by atoms with Crippen molar-refractivity contribution in [2.24, 2.45) is 5.41 Å². The highest BCUT2D eigenvalue weighted by Gasteiger charge is 2.24. The smallest absolute Gasteiger partial charge is 0.305 e. The summed E-state index contributed by atoms with van der Waals surface area (Å²) in [5.74, 6) is -1.09. The van der Waals surface area contributed by atoms with Crippen molar-refractivity contribution in [3.05, 3.63) is 34.9 Å². The third-order valence-electron chi connectivity index (χ3n) is 3.32. The molecule has 0 radical (unpaired) electrons. The van der Waals surface area contributed by atoms with Gasteiger partial charge in [0.05, 0.1) is 6.42 Å². The van der Waals surface area contributed by atoms with Crippen molar-refractivity contribution in [3.63, 3.8) is 0 Å². The molecule has 0 aliphatic heterocycles. The molecular weight excluding hydrogens is 266 g/mol.